The van der Waals surface area contributed by atoms with Crippen LogP contribution in [0.2, 0.25) is 0 Å². The summed E-state index contributed by atoms with van der Waals surface area (Å²) in [5.74, 6) is -0.535. The Hall–Kier alpha value is -1.79. The van der Waals surface area contributed by atoms with Gasteiger partial charge >= 0.3 is 0 Å². The molecule has 2 aromatic rings. The van der Waals surface area contributed by atoms with Gasteiger partial charge in [-0.3, -0.25) is 10.1 Å². The zero-order chi connectivity index (χ0) is 16.3. The van der Waals surface area contributed by atoms with Gasteiger partial charge in [0.15, 0.2) is 0 Å². The topological polar surface area (TPSA) is 82.0 Å². The Morgan fingerprint density at radius 3 is 2.41 bits per heavy atom. The molecule has 0 bridgehead atoms. The van der Waals surface area contributed by atoms with E-state index in [0.717, 1.165) is 11.1 Å². The van der Waals surface area contributed by atoms with Crippen molar-refractivity contribution >= 4 is 16.7 Å². The molecule has 0 aliphatic carbocycles. The predicted octanol–water partition coefficient (Wildman–Crippen LogP) is 2.73. The van der Waals surface area contributed by atoms with Crippen LogP contribution in [0, 0.1) is 5.82 Å². The summed E-state index contributed by atoms with van der Waals surface area (Å²) in [6, 6.07) is 8.45. The standard InChI is InChI=1S/C16H20FN3OS/c1-16(2,22(19)21)10-13(11-5-7-20-8-6-11)12-3-4-14(17)15(18)9-12/h3-9,13H,10,18-19H2,1-2H3/t13-,22?/m0/s1. The van der Waals surface area contributed by atoms with E-state index in [9.17, 15) is 8.60 Å². The quantitative estimate of drug-likeness (QED) is 0.831. The van der Waals surface area contributed by atoms with Crippen LogP contribution in [0.15, 0.2) is 42.7 Å². The van der Waals surface area contributed by atoms with Crippen molar-refractivity contribution in [3.63, 3.8) is 0 Å². The van der Waals surface area contributed by atoms with E-state index in [0.29, 0.717) is 6.42 Å². The smallest absolute Gasteiger partial charge is 0.146 e. The molecule has 0 amide bonds. The molecule has 22 heavy (non-hydrogen) atoms. The summed E-state index contributed by atoms with van der Waals surface area (Å²) in [6.45, 7) is 3.70. The SMILES string of the molecule is CC(C)(C[C@@H](c1ccncc1)c1ccc(F)c(N)c1)S(N)=O. The summed E-state index contributed by atoms with van der Waals surface area (Å²) in [7, 11) is -1.47. The summed E-state index contributed by atoms with van der Waals surface area (Å²) >= 11 is 0. The zero-order valence-corrected chi connectivity index (χ0v) is 13.4. The van der Waals surface area contributed by atoms with Gasteiger partial charge in [-0.05, 0) is 55.7 Å². The molecule has 0 saturated carbocycles. The number of hydrogen-bond acceptors (Lipinski definition) is 3. The molecule has 0 spiro atoms. The van der Waals surface area contributed by atoms with Gasteiger partial charge in [-0.15, -0.1) is 0 Å². The first kappa shape index (κ1) is 16.6. The number of benzene rings is 1. The molecule has 0 saturated heterocycles. The van der Waals surface area contributed by atoms with E-state index in [4.69, 9.17) is 10.9 Å². The van der Waals surface area contributed by atoms with Crippen LogP contribution in [-0.4, -0.2) is 13.9 Å². The van der Waals surface area contributed by atoms with E-state index in [1.54, 1.807) is 24.5 Å². The fourth-order valence-electron chi connectivity index (χ4n) is 2.38. The Morgan fingerprint density at radius 1 is 1.23 bits per heavy atom. The van der Waals surface area contributed by atoms with Crippen molar-refractivity contribution < 1.29 is 8.60 Å². The third-order valence-electron chi connectivity index (χ3n) is 3.77. The Balaban J connectivity index is 2.46. The first-order valence-electron chi connectivity index (χ1n) is 6.92. The van der Waals surface area contributed by atoms with Gasteiger partial charge in [-0.2, -0.15) is 0 Å². The summed E-state index contributed by atoms with van der Waals surface area (Å²) in [5.41, 5.74) is 7.65. The number of aromatic nitrogens is 1. The number of nitrogen functional groups attached to an aromatic ring is 1. The van der Waals surface area contributed by atoms with Crippen LogP contribution in [0.3, 0.4) is 0 Å². The van der Waals surface area contributed by atoms with Crippen molar-refractivity contribution in [1.82, 2.24) is 4.98 Å². The summed E-state index contributed by atoms with van der Waals surface area (Å²) < 4.78 is 24.6. The maximum atomic E-state index is 13.4. The number of anilines is 1. The molecule has 0 radical (unpaired) electrons. The number of pyridine rings is 1. The van der Waals surface area contributed by atoms with Crippen LogP contribution in [0.1, 0.15) is 37.3 Å². The number of nitrogens with zero attached hydrogens (tertiary/aromatic N) is 1. The third kappa shape index (κ3) is 3.69. The van der Waals surface area contributed by atoms with E-state index < -0.39 is 21.5 Å². The van der Waals surface area contributed by atoms with Crippen molar-refractivity contribution in [1.29, 1.82) is 0 Å². The van der Waals surface area contributed by atoms with E-state index >= 15 is 0 Å². The second kappa shape index (κ2) is 6.54. The molecule has 1 aromatic carbocycles. The first-order valence-corrected chi connectivity index (χ1v) is 8.13. The Kier molecular flexibility index (Phi) is 4.93. The molecule has 118 valence electrons. The second-order valence-electron chi connectivity index (χ2n) is 5.88. The molecular weight excluding hydrogens is 301 g/mol. The molecule has 1 unspecified atom stereocenters. The fraction of sp³-hybridized carbons (Fsp3) is 0.312. The maximum absolute atomic E-state index is 13.4. The highest BCUT2D eigenvalue weighted by atomic mass is 32.2. The van der Waals surface area contributed by atoms with Gasteiger partial charge < -0.3 is 5.73 Å². The number of hydrogen-bond donors (Lipinski definition) is 2. The number of rotatable bonds is 5. The minimum atomic E-state index is -1.47. The summed E-state index contributed by atoms with van der Waals surface area (Å²) in [4.78, 5) is 4.02. The largest absolute Gasteiger partial charge is 0.396 e. The summed E-state index contributed by atoms with van der Waals surface area (Å²) in [5, 5.41) is 5.60. The van der Waals surface area contributed by atoms with Gasteiger partial charge in [0, 0.05) is 18.3 Å². The number of nitrogens with two attached hydrogens (primary N) is 2. The first-order chi connectivity index (χ1) is 10.3. The molecule has 1 heterocycles. The monoisotopic (exact) mass is 321 g/mol. The molecule has 2 rings (SSSR count). The Morgan fingerprint density at radius 2 is 1.86 bits per heavy atom. The highest BCUT2D eigenvalue weighted by Crippen LogP contribution is 2.35. The highest BCUT2D eigenvalue weighted by Gasteiger charge is 2.29. The maximum Gasteiger partial charge on any atom is 0.146 e. The van der Waals surface area contributed by atoms with Crippen LogP contribution >= 0.6 is 0 Å². The molecular formula is C16H20FN3OS. The average molecular weight is 321 g/mol. The molecule has 2 atom stereocenters. The minimum Gasteiger partial charge on any atom is -0.396 e. The van der Waals surface area contributed by atoms with E-state index in [1.165, 1.54) is 6.07 Å². The van der Waals surface area contributed by atoms with E-state index in [2.05, 4.69) is 4.98 Å². The van der Waals surface area contributed by atoms with Crippen molar-refractivity contribution in [2.75, 3.05) is 5.73 Å². The lowest BCUT2D eigenvalue weighted by Gasteiger charge is -2.28. The van der Waals surface area contributed by atoms with Crippen LogP contribution in [0.5, 0.6) is 0 Å². The Labute approximate surface area is 132 Å². The van der Waals surface area contributed by atoms with E-state index in [1.807, 2.05) is 26.0 Å². The lowest BCUT2D eigenvalue weighted by molar-refractivity contribution is 0.555. The second-order valence-corrected chi connectivity index (χ2v) is 7.58. The summed E-state index contributed by atoms with van der Waals surface area (Å²) in [6.07, 6.45) is 3.94. The fourth-order valence-corrected chi connectivity index (χ4v) is 2.71. The molecule has 1 aromatic heterocycles. The van der Waals surface area contributed by atoms with Gasteiger partial charge in [0.1, 0.15) is 5.82 Å². The van der Waals surface area contributed by atoms with Gasteiger partial charge in [-0.1, -0.05) is 6.07 Å². The zero-order valence-electron chi connectivity index (χ0n) is 12.6. The van der Waals surface area contributed by atoms with Crippen molar-refractivity contribution in [2.24, 2.45) is 5.14 Å². The molecule has 6 heteroatoms. The van der Waals surface area contributed by atoms with Gasteiger partial charge in [0.25, 0.3) is 0 Å². The molecule has 4 nitrogen and oxygen atoms in total. The van der Waals surface area contributed by atoms with Crippen LogP contribution in [-0.2, 0) is 11.0 Å². The lowest BCUT2D eigenvalue weighted by Crippen LogP contribution is -2.34. The molecule has 0 aliphatic heterocycles. The molecule has 0 aliphatic rings. The highest BCUT2D eigenvalue weighted by molar-refractivity contribution is 7.84. The van der Waals surface area contributed by atoms with Crippen molar-refractivity contribution in [3.05, 3.63) is 59.7 Å². The van der Waals surface area contributed by atoms with Crippen LogP contribution < -0.4 is 10.9 Å². The van der Waals surface area contributed by atoms with Crippen LogP contribution in [0.25, 0.3) is 0 Å². The number of halogens is 1. The van der Waals surface area contributed by atoms with Crippen molar-refractivity contribution in [2.45, 2.75) is 30.9 Å². The van der Waals surface area contributed by atoms with E-state index in [-0.39, 0.29) is 11.6 Å². The van der Waals surface area contributed by atoms with Gasteiger partial charge in [0.05, 0.1) is 21.4 Å². The average Bonchev–Trinajstić information content (AvgIpc) is 2.48. The molecule has 0 fully saturated rings. The minimum absolute atomic E-state index is 0.0894. The lowest BCUT2D eigenvalue weighted by atomic mass is 9.84. The molecule has 4 N–H and O–H groups in total. The predicted molar refractivity (Wildman–Crippen MR) is 87.9 cm³/mol. The normalized spacial score (nSPS) is 14.5. The Bertz CT molecular complexity index is 676. The van der Waals surface area contributed by atoms with Gasteiger partial charge in [-0.25, -0.2) is 8.60 Å². The van der Waals surface area contributed by atoms with Gasteiger partial charge in [0.2, 0.25) is 0 Å². The van der Waals surface area contributed by atoms with Crippen molar-refractivity contribution in [3.8, 4) is 0 Å². The third-order valence-corrected chi connectivity index (χ3v) is 5.03. The van der Waals surface area contributed by atoms with Crippen LogP contribution in [0.4, 0.5) is 10.1 Å².